The van der Waals surface area contributed by atoms with Crippen LogP contribution >= 0.6 is 22.6 Å². The number of amides is 2. The van der Waals surface area contributed by atoms with Crippen LogP contribution in [0.4, 0.5) is 4.79 Å². The minimum absolute atomic E-state index is 0.0976. The largest absolute Gasteiger partial charge is 0.490 e. The number of ether oxygens (including phenoxy) is 3. The molecule has 35 heavy (non-hydrogen) atoms. The first-order valence-corrected chi connectivity index (χ1v) is 11.9. The predicted octanol–water partition coefficient (Wildman–Crippen LogP) is 2.81. The molecule has 0 radical (unpaired) electrons. The van der Waals surface area contributed by atoms with Crippen LogP contribution in [0, 0.1) is 3.57 Å². The van der Waals surface area contributed by atoms with E-state index in [0.717, 1.165) is 9.13 Å². The lowest BCUT2D eigenvalue weighted by Crippen LogP contribution is -2.45. The molecule has 1 heterocycles. The Morgan fingerprint density at radius 2 is 2.06 bits per heavy atom. The van der Waals surface area contributed by atoms with E-state index < -0.39 is 24.3 Å². The van der Waals surface area contributed by atoms with Crippen molar-refractivity contribution in [2.75, 3.05) is 20.3 Å². The molecule has 2 atom stereocenters. The molecule has 10 nitrogen and oxygen atoms in total. The lowest BCUT2D eigenvalue weighted by atomic mass is 9.95. The Kier molecular flexibility index (Phi) is 9.32. The molecule has 186 valence electrons. The quantitative estimate of drug-likeness (QED) is 0.109. The maximum atomic E-state index is 12.3. The Bertz CT molecular complexity index is 1140. The van der Waals surface area contributed by atoms with Crippen LogP contribution in [0.3, 0.4) is 0 Å². The van der Waals surface area contributed by atoms with Gasteiger partial charge in [-0.15, -0.1) is 0 Å². The van der Waals surface area contributed by atoms with E-state index >= 15 is 0 Å². The van der Waals surface area contributed by atoms with Gasteiger partial charge >= 0.3 is 12.0 Å². The zero-order valence-electron chi connectivity index (χ0n) is 19.5. The van der Waals surface area contributed by atoms with Gasteiger partial charge in [-0.3, -0.25) is 5.43 Å². The smallest absolute Gasteiger partial charge is 0.337 e. The van der Waals surface area contributed by atoms with E-state index in [9.17, 15) is 14.7 Å². The third-order valence-electron chi connectivity index (χ3n) is 4.96. The van der Waals surface area contributed by atoms with Gasteiger partial charge in [0, 0.05) is 9.27 Å². The summed E-state index contributed by atoms with van der Waals surface area (Å²) in [5.74, 6) is 0.228. The molecular formula is C24H27IN4O6. The highest BCUT2D eigenvalue weighted by atomic mass is 127. The molecule has 4 N–H and O–H groups in total. The van der Waals surface area contributed by atoms with Gasteiger partial charge in [0.2, 0.25) is 0 Å². The van der Waals surface area contributed by atoms with Gasteiger partial charge in [-0.2, -0.15) is 5.10 Å². The maximum Gasteiger partial charge on any atom is 0.337 e. The standard InChI is InChI=1S/C24H27IN4O6/c1-4-34-19-11-16(22-21(23(31)33-3)14(2)27-24(32)28-22)8-9-18(19)35-13-20(30)29-26-12-15-6-5-7-17(25)10-15/h5-12,20,22,29-30H,4,13H2,1-3H3,(H2,27,28,32)/b26-12-/t20-,22-/m0/s1. The number of methoxy groups -OCH3 is 1. The SMILES string of the molecule is CCOc1cc([C@@H]2NC(=O)NC(C)=C2C(=O)OC)ccc1OC[C@H](O)N/N=C\c1cccc(I)c1. The molecule has 2 aromatic rings. The minimum atomic E-state index is -1.07. The molecule has 0 bridgehead atoms. The van der Waals surface area contributed by atoms with Crippen LogP contribution in [0.25, 0.3) is 0 Å². The van der Waals surface area contributed by atoms with Crippen LogP contribution < -0.4 is 25.5 Å². The Labute approximate surface area is 216 Å². The van der Waals surface area contributed by atoms with E-state index in [1.165, 1.54) is 7.11 Å². The number of nitrogens with one attached hydrogen (secondary N) is 3. The van der Waals surface area contributed by atoms with Gasteiger partial charge in [0.25, 0.3) is 0 Å². The van der Waals surface area contributed by atoms with Gasteiger partial charge in [-0.05, 0) is 71.8 Å². The number of hydrazone groups is 1. The van der Waals surface area contributed by atoms with E-state index in [-0.39, 0.29) is 12.2 Å². The number of carbonyl (C=O) groups excluding carboxylic acids is 2. The van der Waals surface area contributed by atoms with Crippen molar-refractivity contribution in [2.45, 2.75) is 26.1 Å². The lowest BCUT2D eigenvalue weighted by Gasteiger charge is -2.28. The molecule has 1 aliphatic rings. The van der Waals surface area contributed by atoms with Crippen molar-refractivity contribution in [1.82, 2.24) is 16.1 Å². The highest BCUT2D eigenvalue weighted by Crippen LogP contribution is 2.34. The van der Waals surface area contributed by atoms with Crippen molar-refractivity contribution < 1.29 is 28.9 Å². The van der Waals surface area contributed by atoms with Crippen LogP contribution in [0.15, 0.2) is 58.8 Å². The summed E-state index contributed by atoms with van der Waals surface area (Å²) in [5, 5.41) is 19.6. The van der Waals surface area contributed by atoms with Crippen LogP contribution in [-0.2, 0) is 9.53 Å². The summed E-state index contributed by atoms with van der Waals surface area (Å²) >= 11 is 2.21. The van der Waals surface area contributed by atoms with Crippen molar-refractivity contribution >= 4 is 40.8 Å². The number of allylic oxidation sites excluding steroid dienone is 1. The van der Waals surface area contributed by atoms with E-state index in [2.05, 4.69) is 43.8 Å². The van der Waals surface area contributed by atoms with E-state index in [1.807, 2.05) is 31.2 Å². The number of carbonyl (C=O) groups is 2. The molecule has 11 heteroatoms. The number of benzene rings is 2. The second-order valence-electron chi connectivity index (χ2n) is 7.47. The Hall–Kier alpha value is -3.32. The first-order valence-electron chi connectivity index (χ1n) is 10.8. The van der Waals surface area contributed by atoms with Crippen LogP contribution in [0.2, 0.25) is 0 Å². The summed E-state index contributed by atoms with van der Waals surface area (Å²) in [5.41, 5.74) is 4.81. The maximum absolute atomic E-state index is 12.3. The Morgan fingerprint density at radius 1 is 1.26 bits per heavy atom. The summed E-state index contributed by atoms with van der Waals surface area (Å²) in [6.07, 6.45) is 0.538. The average Bonchev–Trinajstić information content (AvgIpc) is 2.82. The van der Waals surface area contributed by atoms with E-state index in [0.29, 0.717) is 29.4 Å². The molecule has 0 saturated heterocycles. The van der Waals surface area contributed by atoms with Gasteiger partial charge in [-0.25, -0.2) is 9.59 Å². The molecule has 0 fully saturated rings. The molecule has 2 aromatic carbocycles. The van der Waals surface area contributed by atoms with Crippen molar-refractivity contribution in [2.24, 2.45) is 5.10 Å². The molecule has 0 saturated carbocycles. The number of aliphatic hydroxyl groups is 1. The van der Waals surface area contributed by atoms with Crippen molar-refractivity contribution in [3.8, 4) is 11.5 Å². The molecule has 0 aliphatic carbocycles. The van der Waals surface area contributed by atoms with E-state index in [4.69, 9.17) is 14.2 Å². The Balaban J connectivity index is 1.71. The Morgan fingerprint density at radius 3 is 2.77 bits per heavy atom. The van der Waals surface area contributed by atoms with Gasteiger partial charge in [0.05, 0.1) is 31.5 Å². The molecule has 2 amide bonds. The zero-order valence-corrected chi connectivity index (χ0v) is 21.7. The second kappa shape index (κ2) is 12.4. The number of nitrogens with zero attached hydrogens (tertiary/aromatic N) is 1. The van der Waals surface area contributed by atoms with Gasteiger partial charge in [0.15, 0.2) is 17.7 Å². The zero-order chi connectivity index (χ0) is 25.4. The second-order valence-corrected chi connectivity index (χ2v) is 8.72. The number of hydrogen-bond acceptors (Lipinski definition) is 8. The normalized spacial score (nSPS) is 16.4. The molecule has 0 aromatic heterocycles. The van der Waals surface area contributed by atoms with Crippen LogP contribution in [0.5, 0.6) is 11.5 Å². The fourth-order valence-corrected chi connectivity index (χ4v) is 3.97. The molecular weight excluding hydrogens is 567 g/mol. The van der Waals surface area contributed by atoms with Gasteiger partial charge < -0.3 is 30.0 Å². The predicted molar refractivity (Wildman–Crippen MR) is 138 cm³/mol. The molecule has 3 rings (SSSR count). The van der Waals surface area contributed by atoms with Crippen molar-refractivity contribution in [3.05, 3.63) is 68.4 Å². The number of esters is 1. The monoisotopic (exact) mass is 594 g/mol. The van der Waals surface area contributed by atoms with Gasteiger partial charge in [0.1, 0.15) is 6.61 Å². The summed E-state index contributed by atoms with van der Waals surface area (Å²) < 4.78 is 17.4. The first kappa shape index (κ1) is 26.3. The first-order chi connectivity index (χ1) is 16.8. The summed E-state index contributed by atoms with van der Waals surface area (Å²) in [7, 11) is 1.28. The molecule has 0 spiro atoms. The van der Waals surface area contributed by atoms with Gasteiger partial charge in [-0.1, -0.05) is 18.2 Å². The van der Waals surface area contributed by atoms with Crippen molar-refractivity contribution in [1.29, 1.82) is 0 Å². The minimum Gasteiger partial charge on any atom is -0.490 e. The fourth-order valence-electron chi connectivity index (χ4n) is 3.41. The molecule has 0 unspecified atom stereocenters. The number of urea groups is 1. The summed E-state index contributed by atoms with van der Waals surface area (Å²) in [6, 6.07) is 11.6. The molecule has 1 aliphatic heterocycles. The van der Waals surface area contributed by atoms with Crippen LogP contribution in [-0.4, -0.2) is 49.9 Å². The number of hydrogen-bond donors (Lipinski definition) is 4. The van der Waals surface area contributed by atoms with Crippen molar-refractivity contribution in [3.63, 3.8) is 0 Å². The van der Waals surface area contributed by atoms with E-state index in [1.54, 1.807) is 31.3 Å². The number of aliphatic hydroxyl groups excluding tert-OH is 1. The summed E-state index contributed by atoms with van der Waals surface area (Å²) in [4.78, 5) is 24.4. The lowest BCUT2D eigenvalue weighted by molar-refractivity contribution is -0.136. The topological polar surface area (TPSA) is 131 Å². The highest BCUT2D eigenvalue weighted by Gasteiger charge is 2.32. The summed E-state index contributed by atoms with van der Waals surface area (Å²) in [6.45, 7) is 3.72. The number of halogens is 1. The average molecular weight is 594 g/mol. The highest BCUT2D eigenvalue weighted by molar-refractivity contribution is 14.1. The third kappa shape index (κ3) is 7.09. The fraction of sp³-hybridized carbons (Fsp3) is 0.292. The third-order valence-corrected chi connectivity index (χ3v) is 5.63. The van der Waals surface area contributed by atoms with Crippen LogP contribution in [0.1, 0.15) is 31.0 Å². The number of rotatable bonds is 10.